The molecule has 0 unspecified atom stereocenters. The molecule has 2 heterocycles. The first-order valence-electron chi connectivity index (χ1n) is 7.41. The minimum atomic E-state index is -2.74. The highest BCUT2D eigenvalue weighted by molar-refractivity contribution is 6.02. The highest BCUT2D eigenvalue weighted by Crippen LogP contribution is 2.20. The van der Waals surface area contributed by atoms with Gasteiger partial charge in [-0.1, -0.05) is 25.1 Å². The van der Waals surface area contributed by atoms with Crippen molar-refractivity contribution < 1.29 is 13.6 Å². The van der Waals surface area contributed by atoms with Crippen molar-refractivity contribution in [1.29, 1.82) is 0 Å². The molecule has 1 amide bonds. The van der Waals surface area contributed by atoms with Gasteiger partial charge in [0.1, 0.15) is 5.69 Å². The van der Waals surface area contributed by atoms with Crippen molar-refractivity contribution in [2.45, 2.75) is 26.7 Å². The summed E-state index contributed by atoms with van der Waals surface area (Å²) >= 11 is 0. The Bertz CT molecular complexity index is 907. The Labute approximate surface area is 136 Å². The summed E-state index contributed by atoms with van der Waals surface area (Å²) in [7, 11) is 0. The first kappa shape index (κ1) is 16.0. The van der Waals surface area contributed by atoms with Crippen molar-refractivity contribution >= 4 is 17.4 Å². The van der Waals surface area contributed by atoms with E-state index in [4.69, 9.17) is 0 Å². The van der Waals surface area contributed by atoms with Crippen molar-refractivity contribution in [1.82, 2.24) is 19.6 Å². The average Bonchev–Trinajstić information content (AvgIpc) is 2.98. The number of carbonyl (C=O) groups excluding carboxylic acids is 1. The normalized spacial score (nSPS) is 11.2. The molecule has 3 rings (SSSR count). The Morgan fingerprint density at radius 3 is 2.75 bits per heavy atom. The van der Waals surface area contributed by atoms with Gasteiger partial charge in [-0.25, -0.2) is 13.8 Å². The highest BCUT2D eigenvalue weighted by Gasteiger charge is 2.20. The number of amides is 1. The lowest BCUT2D eigenvalue weighted by Gasteiger charge is -2.07. The fourth-order valence-electron chi connectivity index (χ4n) is 2.40. The average molecular weight is 331 g/mol. The van der Waals surface area contributed by atoms with E-state index in [9.17, 15) is 13.6 Å². The molecule has 1 aromatic carbocycles. The van der Waals surface area contributed by atoms with Crippen molar-refractivity contribution in [2.75, 3.05) is 5.32 Å². The van der Waals surface area contributed by atoms with E-state index in [2.05, 4.69) is 20.4 Å². The van der Waals surface area contributed by atoms with Crippen molar-refractivity contribution in [2.24, 2.45) is 0 Å². The van der Waals surface area contributed by atoms with Gasteiger partial charge in [-0.3, -0.25) is 4.79 Å². The zero-order valence-electron chi connectivity index (χ0n) is 13.1. The van der Waals surface area contributed by atoms with Crippen molar-refractivity contribution in [3.05, 3.63) is 53.1 Å². The largest absolute Gasteiger partial charge is 0.319 e. The number of anilines is 1. The quantitative estimate of drug-likeness (QED) is 0.797. The Hall–Kier alpha value is -2.90. The molecule has 1 N–H and O–H groups in total. The van der Waals surface area contributed by atoms with E-state index in [1.54, 1.807) is 19.1 Å². The van der Waals surface area contributed by atoms with Gasteiger partial charge in [0, 0.05) is 11.4 Å². The summed E-state index contributed by atoms with van der Waals surface area (Å²) in [6.07, 6.45) is -2.00. The van der Waals surface area contributed by atoms with E-state index in [0.717, 1.165) is 16.5 Å². The third-order valence-electron chi connectivity index (χ3n) is 3.54. The van der Waals surface area contributed by atoms with Crippen LogP contribution in [0.1, 0.15) is 40.9 Å². The van der Waals surface area contributed by atoms with Gasteiger partial charge in [0.2, 0.25) is 5.82 Å². The number of nitrogens with one attached hydrogen (secondary N) is 1. The van der Waals surface area contributed by atoms with Crippen LogP contribution in [0.5, 0.6) is 0 Å². The molecule has 124 valence electrons. The van der Waals surface area contributed by atoms with Crippen LogP contribution in [0.25, 0.3) is 5.78 Å². The van der Waals surface area contributed by atoms with Crippen LogP contribution in [0.4, 0.5) is 14.5 Å². The number of nitrogens with zero attached hydrogens (tertiary/aromatic N) is 4. The maximum absolute atomic E-state index is 13.1. The minimum Gasteiger partial charge on any atom is -0.319 e. The number of fused-ring (bicyclic) bond motifs is 1. The van der Waals surface area contributed by atoms with Gasteiger partial charge < -0.3 is 5.32 Å². The molecule has 0 aliphatic rings. The summed E-state index contributed by atoms with van der Waals surface area (Å²) in [6, 6.07) is 8.55. The van der Waals surface area contributed by atoms with E-state index in [0.29, 0.717) is 11.4 Å². The topological polar surface area (TPSA) is 72.2 Å². The monoisotopic (exact) mass is 331 g/mol. The lowest BCUT2D eigenvalue weighted by Crippen LogP contribution is -2.15. The standard InChI is InChI=1S/C16H15F2N5O/c1-3-10-6-4-5-7-11(10)20-15(24)14-21-16-19-9(2)8-12(13(17)18)23(16)22-14/h4-8,13H,3H2,1-2H3,(H,20,24). The molecule has 8 heteroatoms. The molecule has 0 atom stereocenters. The summed E-state index contributed by atoms with van der Waals surface area (Å²) in [4.78, 5) is 20.4. The Morgan fingerprint density at radius 1 is 1.29 bits per heavy atom. The number of para-hydroxylation sites is 1. The molecule has 0 saturated carbocycles. The second kappa shape index (κ2) is 6.31. The van der Waals surface area contributed by atoms with Gasteiger partial charge in [0.15, 0.2) is 0 Å². The van der Waals surface area contributed by atoms with Crippen molar-refractivity contribution in [3.8, 4) is 0 Å². The lowest BCUT2D eigenvalue weighted by atomic mass is 10.1. The molecule has 0 aliphatic carbocycles. The van der Waals surface area contributed by atoms with E-state index >= 15 is 0 Å². The summed E-state index contributed by atoms with van der Waals surface area (Å²) in [6.45, 7) is 3.55. The van der Waals surface area contributed by atoms with E-state index < -0.39 is 12.3 Å². The van der Waals surface area contributed by atoms with Crippen LogP contribution in [0.2, 0.25) is 0 Å². The maximum Gasteiger partial charge on any atom is 0.295 e. The van der Waals surface area contributed by atoms with E-state index in [1.807, 2.05) is 19.1 Å². The summed E-state index contributed by atoms with van der Waals surface area (Å²) in [5.41, 5.74) is 1.63. The maximum atomic E-state index is 13.1. The molecule has 0 radical (unpaired) electrons. The van der Waals surface area contributed by atoms with E-state index in [1.165, 1.54) is 6.07 Å². The lowest BCUT2D eigenvalue weighted by molar-refractivity contribution is 0.101. The predicted octanol–water partition coefficient (Wildman–Crippen LogP) is 3.19. The number of aryl methyl sites for hydroxylation is 2. The molecule has 0 spiro atoms. The SMILES string of the molecule is CCc1ccccc1NC(=O)c1nc2nc(C)cc(C(F)F)n2n1. The minimum absolute atomic E-state index is 0.0285. The second-order valence-corrected chi connectivity index (χ2v) is 5.24. The van der Waals surface area contributed by atoms with Crippen LogP contribution in [0.15, 0.2) is 30.3 Å². The van der Waals surface area contributed by atoms with Gasteiger partial charge in [-0.15, -0.1) is 5.10 Å². The molecule has 2 aromatic heterocycles. The third kappa shape index (κ3) is 2.94. The molecular formula is C16H15F2N5O. The van der Waals surface area contributed by atoms with Crippen LogP contribution in [0, 0.1) is 6.92 Å². The Balaban J connectivity index is 1.97. The molecule has 24 heavy (non-hydrogen) atoms. The van der Waals surface area contributed by atoms with Gasteiger partial charge in [0.25, 0.3) is 18.1 Å². The van der Waals surface area contributed by atoms with Crippen LogP contribution >= 0.6 is 0 Å². The molecule has 0 fully saturated rings. The number of benzene rings is 1. The number of alkyl halides is 2. The molecule has 0 bridgehead atoms. The summed E-state index contributed by atoms with van der Waals surface area (Å²) in [5.74, 6) is -0.806. The molecule has 0 saturated heterocycles. The Kier molecular flexibility index (Phi) is 4.20. The van der Waals surface area contributed by atoms with E-state index in [-0.39, 0.29) is 17.3 Å². The first-order valence-corrected chi connectivity index (χ1v) is 7.41. The number of halogens is 2. The summed E-state index contributed by atoms with van der Waals surface area (Å²) in [5, 5.41) is 6.59. The highest BCUT2D eigenvalue weighted by atomic mass is 19.3. The van der Waals surface area contributed by atoms with Gasteiger partial charge >= 0.3 is 0 Å². The molecular weight excluding hydrogens is 316 g/mol. The zero-order valence-corrected chi connectivity index (χ0v) is 13.1. The van der Waals surface area contributed by atoms with Gasteiger partial charge in [0.05, 0.1) is 0 Å². The number of rotatable bonds is 4. The zero-order chi connectivity index (χ0) is 17.3. The van der Waals surface area contributed by atoms with Crippen LogP contribution in [-0.4, -0.2) is 25.5 Å². The predicted molar refractivity (Wildman–Crippen MR) is 84.2 cm³/mol. The second-order valence-electron chi connectivity index (χ2n) is 5.24. The number of aromatic nitrogens is 4. The molecule has 0 aliphatic heterocycles. The Morgan fingerprint density at radius 2 is 2.04 bits per heavy atom. The van der Waals surface area contributed by atoms with Gasteiger partial charge in [-0.05, 0) is 31.0 Å². The number of hydrogen-bond donors (Lipinski definition) is 1. The first-order chi connectivity index (χ1) is 11.5. The van der Waals surface area contributed by atoms with Crippen molar-refractivity contribution in [3.63, 3.8) is 0 Å². The van der Waals surface area contributed by atoms with Gasteiger partial charge in [-0.2, -0.15) is 9.50 Å². The number of carbonyl (C=O) groups is 1. The molecule has 6 nitrogen and oxygen atoms in total. The fourth-order valence-corrected chi connectivity index (χ4v) is 2.40. The van der Waals surface area contributed by atoms with Crippen LogP contribution < -0.4 is 5.32 Å². The summed E-state index contributed by atoms with van der Waals surface area (Å²) < 4.78 is 27.1. The molecule has 3 aromatic rings. The smallest absolute Gasteiger partial charge is 0.295 e. The fraction of sp³-hybridized carbons (Fsp3) is 0.250. The van der Waals surface area contributed by atoms with Crippen LogP contribution in [0.3, 0.4) is 0 Å². The van der Waals surface area contributed by atoms with Crippen LogP contribution in [-0.2, 0) is 6.42 Å². The number of hydrogen-bond acceptors (Lipinski definition) is 4. The third-order valence-corrected chi connectivity index (χ3v) is 3.54.